The van der Waals surface area contributed by atoms with Gasteiger partial charge in [-0.2, -0.15) is 0 Å². The molecule has 0 radical (unpaired) electrons. The van der Waals surface area contributed by atoms with Crippen molar-refractivity contribution < 1.29 is 0 Å². The van der Waals surface area contributed by atoms with E-state index in [2.05, 4.69) is 34.5 Å². The predicted molar refractivity (Wildman–Crippen MR) is 67.2 cm³/mol. The molecule has 0 amide bonds. The summed E-state index contributed by atoms with van der Waals surface area (Å²) in [6, 6.07) is 10.5. The Balaban J connectivity index is 1.89. The van der Waals surface area contributed by atoms with Gasteiger partial charge in [-0.15, -0.1) is 0 Å². The van der Waals surface area contributed by atoms with E-state index in [1.165, 1.54) is 14.7 Å². The Morgan fingerprint density at radius 2 is 1.62 bits per heavy atom. The fraction of sp³-hybridized carbons (Fsp3) is 0.333. The number of benzene rings is 1. The van der Waals surface area contributed by atoms with Crippen LogP contribution >= 0.6 is 11.6 Å². The van der Waals surface area contributed by atoms with Gasteiger partial charge in [0.25, 0.3) is 0 Å². The Morgan fingerprint density at radius 3 is 2.31 bits per heavy atom. The average Bonchev–Trinajstić information content (AvgIpc) is 2.76. The van der Waals surface area contributed by atoms with Crippen molar-refractivity contribution in [3.63, 3.8) is 0 Å². The van der Waals surface area contributed by atoms with Crippen molar-refractivity contribution in [1.82, 2.24) is 10.2 Å². The van der Waals surface area contributed by atoms with Crippen molar-refractivity contribution in [2.24, 2.45) is 0 Å². The second-order valence-corrected chi connectivity index (χ2v) is 6.30. The molecule has 0 unspecified atom stereocenters. The summed E-state index contributed by atoms with van der Waals surface area (Å²) >= 11 is 6.03. The van der Waals surface area contributed by atoms with Crippen LogP contribution in [0.1, 0.15) is 14.7 Å². The van der Waals surface area contributed by atoms with Gasteiger partial charge in [0, 0.05) is 0 Å². The maximum atomic E-state index is 5.68. The third-order valence-corrected chi connectivity index (χ3v) is 4.66. The Bertz CT molecular complexity index is 428. The second kappa shape index (κ2) is 6.19. The molecule has 2 aromatic rings. The van der Waals surface area contributed by atoms with E-state index in [1.54, 1.807) is 0 Å². The molecule has 16 heavy (non-hydrogen) atoms. The molecule has 1 aromatic carbocycles. The van der Waals surface area contributed by atoms with Crippen LogP contribution in [0.2, 0.25) is 0 Å². The Kier molecular flexibility index (Phi) is 4.58. The van der Waals surface area contributed by atoms with Gasteiger partial charge in [-0.3, -0.25) is 0 Å². The molecule has 0 fully saturated rings. The first-order valence-corrected chi connectivity index (χ1v) is 7.54. The van der Waals surface area contributed by atoms with Crippen molar-refractivity contribution >= 4 is 26.1 Å². The Labute approximate surface area is 106 Å². The standard InChI is InChI=1S/C12H13ClN2Se/c13-9-8-12-15-14-11(16-12)7-6-10-4-2-1-3-5-10/h1-5H,6-9H2. The van der Waals surface area contributed by atoms with Gasteiger partial charge in [0.05, 0.1) is 0 Å². The van der Waals surface area contributed by atoms with E-state index in [4.69, 9.17) is 11.6 Å². The number of alkyl halides is 1. The van der Waals surface area contributed by atoms with E-state index in [1.807, 2.05) is 6.07 Å². The van der Waals surface area contributed by atoms with E-state index in [9.17, 15) is 0 Å². The monoisotopic (exact) mass is 300 g/mol. The molecule has 4 heteroatoms. The fourth-order valence-electron chi connectivity index (χ4n) is 1.47. The molecule has 1 aromatic heterocycles. The molecular formula is C12H13ClN2Se. The Hall–Kier alpha value is -0.631. The molecule has 0 N–H and O–H groups in total. The van der Waals surface area contributed by atoms with Gasteiger partial charge < -0.3 is 0 Å². The van der Waals surface area contributed by atoms with E-state index in [0.29, 0.717) is 20.4 Å². The minimum atomic E-state index is 0.351. The topological polar surface area (TPSA) is 25.8 Å². The minimum absolute atomic E-state index is 0.351. The summed E-state index contributed by atoms with van der Waals surface area (Å²) in [4.78, 5) is 0. The van der Waals surface area contributed by atoms with Crippen molar-refractivity contribution in [3.05, 3.63) is 45.0 Å². The van der Waals surface area contributed by atoms with Crippen molar-refractivity contribution in [1.29, 1.82) is 0 Å². The van der Waals surface area contributed by atoms with Crippen LogP contribution in [-0.4, -0.2) is 30.6 Å². The summed E-state index contributed by atoms with van der Waals surface area (Å²) in [6.07, 6.45) is 2.98. The van der Waals surface area contributed by atoms with E-state index >= 15 is 0 Å². The number of nitrogens with zero attached hydrogens (tertiary/aromatic N) is 2. The summed E-state index contributed by atoms with van der Waals surface area (Å²) in [7, 11) is 0. The van der Waals surface area contributed by atoms with Gasteiger partial charge >= 0.3 is 106 Å². The number of halogens is 1. The zero-order chi connectivity index (χ0) is 11.2. The molecule has 2 nitrogen and oxygen atoms in total. The number of rotatable bonds is 5. The maximum absolute atomic E-state index is 5.68. The molecular weight excluding hydrogens is 287 g/mol. The molecule has 2 rings (SSSR count). The zero-order valence-corrected chi connectivity index (χ0v) is 11.4. The second-order valence-electron chi connectivity index (χ2n) is 3.51. The van der Waals surface area contributed by atoms with Gasteiger partial charge in [-0.1, -0.05) is 0 Å². The summed E-state index contributed by atoms with van der Waals surface area (Å²) < 4.78 is 2.43. The molecule has 0 saturated heterocycles. The van der Waals surface area contributed by atoms with Crippen LogP contribution in [0, 0.1) is 0 Å². The number of aromatic nitrogens is 2. The Morgan fingerprint density at radius 1 is 0.938 bits per heavy atom. The van der Waals surface area contributed by atoms with Gasteiger partial charge in [0.15, 0.2) is 0 Å². The molecule has 0 aliphatic heterocycles. The van der Waals surface area contributed by atoms with Crippen molar-refractivity contribution in [2.75, 3.05) is 5.88 Å². The van der Waals surface area contributed by atoms with Gasteiger partial charge in [0.1, 0.15) is 0 Å². The van der Waals surface area contributed by atoms with Gasteiger partial charge in [-0.05, 0) is 0 Å². The molecule has 0 spiro atoms. The van der Waals surface area contributed by atoms with Crippen LogP contribution in [0.5, 0.6) is 0 Å². The zero-order valence-electron chi connectivity index (χ0n) is 8.90. The number of hydrogen-bond donors (Lipinski definition) is 0. The summed E-state index contributed by atoms with van der Waals surface area (Å²) in [5.74, 6) is 0.655. The average molecular weight is 300 g/mol. The first-order chi connectivity index (χ1) is 7.88. The van der Waals surface area contributed by atoms with Gasteiger partial charge in [0.2, 0.25) is 0 Å². The molecule has 0 aliphatic carbocycles. The quantitative estimate of drug-likeness (QED) is 0.624. The third-order valence-electron chi connectivity index (χ3n) is 2.29. The molecule has 1 heterocycles. The third kappa shape index (κ3) is 3.44. The number of hydrogen-bond acceptors (Lipinski definition) is 2. The van der Waals surface area contributed by atoms with Crippen LogP contribution in [0.15, 0.2) is 30.3 Å². The molecule has 0 saturated carbocycles. The van der Waals surface area contributed by atoms with Crippen LogP contribution in [0.4, 0.5) is 0 Å². The molecule has 0 atom stereocenters. The van der Waals surface area contributed by atoms with Crippen molar-refractivity contribution in [2.45, 2.75) is 19.3 Å². The van der Waals surface area contributed by atoms with Crippen LogP contribution < -0.4 is 0 Å². The van der Waals surface area contributed by atoms with E-state index < -0.39 is 0 Å². The van der Waals surface area contributed by atoms with Crippen LogP contribution in [-0.2, 0) is 19.3 Å². The fourth-order valence-corrected chi connectivity index (χ4v) is 3.67. The summed E-state index contributed by atoms with van der Waals surface area (Å²) in [5, 5.41) is 8.39. The first-order valence-electron chi connectivity index (χ1n) is 5.29. The van der Waals surface area contributed by atoms with Gasteiger partial charge in [-0.25, -0.2) is 0 Å². The molecule has 0 aliphatic rings. The summed E-state index contributed by atoms with van der Waals surface area (Å²) in [6.45, 7) is 0. The first kappa shape index (κ1) is 11.8. The SMILES string of the molecule is ClCCc1nnc(CCc2ccccc2)[se]1. The van der Waals surface area contributed by atoms with E-state index in [0.717, 1.165) is 19.3 Å². The molecule has 84 valence electrons. The molecule has 0 bridgehead atoms. The van der Waals surface area contributed by atoms with E-state index in [-0.39, 0.29) is 0 Å². The van der Waals surface area contributed by atoms with Crippen LogP contribution in [0.3, 0.4) is 0 Å². The predicted octanol–water partition coefficient (Wildman–Crippen LogP) is 2.10. The van der Waals surface area contributed by atoms with Crippen LogP contribution in [0.25, 0.3) is 0 Å². The van der Waals surface area contributed by atoms with Crippen molar-refractivity contribution in [3.8, 4) is 0 Å². The number of aryl methyl sites for hydroxylation is 3. The normalized spacial score (nSPS) is 10.6. The summed E-state index contributed by atoms with van der Waals surface area (Å²) in [5.41, 5.74) is 1.37.